The fourth-order valence-corrected chi connectivity index (χ4v) is 3.89. The van der Waals surface area contributed by atoms with E-state index in [2.05, 4.69) is 15.5 Å². The second kappa shape index (κ2) is 8.55. The fourth-order valence-electron chi connectivity index (χ4n) is 3.89. The molecule has 0 spiro atoms. The third-order valence-corrected chi connectivity index (χ3v) is 5.77. The molecule has 0 bridgehead atoms. The van der Waals surface area contributed by atoms with Gasteiger partial charge in [-0.15, -0.1) is 5.10 Å². The molecule has 0 fully saturated rings. The van der Waals surface area contributed by atoms with Crippen molar-refractivity contribution in [2.75, 3.05) is 5.32 Å². The van der Waals surface area contributed by atoms with E-state index in [1.165, 1.54) is 41.1 Å². The predicted molar refractivity (Wildman–Crippen MR) is 123 cm³/mol. The van der Waals surface area contributed by atoms with Crippen LogP contribution < -0.4 is 10.9 Å². The minimum Gasteiger partial charge on any atom is -0.361 e. The lowest BCUT2D eigenvalue weighted by molar-refractivity contribution is 0.0136. The Morgan fingerprint density at radius 2 is 1.79 bits per heavy atom. The van der Waals surface area contributed by atoms with Gasteiger partial charge in [-0.2, -0.15) is 5.10 Å². The van der Waals surface area contributed by atoms with E-state index in [9.17, 15) is 18.0 Å². The molecule has 0 unspecified atom stereocenters. The molecule has 9 heteroatoms. The summed E-state index contributed by atoms with van der Waals surface area (Å²) in [6.45, 7) is 3.93. The fraction of sp³-hybridized carbons (Fsp3) is 0.240. The summed E-state index contributed by atoms with van der Waals surface area (Å²) < 4.78 is 58.8. The molecule has 4 aromatic rings. The molecule has 2 heterocycles. The molecule has 0 aliphatic carbocycles. The number of benzene rings is 2. The number of alkyl halides is 2. The van der Waals surface area contributed by atoms with Crippen molar-refractivity contribution in [3.05, 3.63) is 87.5 Å². The van der Waals surface area contributed by atoms with Crippen LogP contribution in [0.25, 0.3) is 21.9 Å². The molecule has 0 amide bonds. The van der Waals surface area contributed by atoms with Gasteiger partial charge in [-0.25, -0.2) is 17.6 Å². The van der Waals surface area contributed by atoms with Gasteiger partial charge in [-0.05, 0) is 32.0 Å². The number of halogens is 4. The summed E-state index contributed by atoms with van der Waals surface area (Å²) in [5, 5.41) is 12.3. The van der Waals surface area contributed by atoms with Crippen LogP contribution in [0.4, 0.5) is 23.4 Å². The van der Waals surface area contributed by atoms with Crippen molar-refractivity contribution in [3.8, 4) is 11.1 Å². The van der Waals surface area contributed by atoms with Crippen molar-refractivity contribution in [1.29, 1.82) is 0 Å². The van der Waals surface area contributed by atoms with Gasteiger partial charge in [-0.3, -0.25) is 4.79 Å². The maximum atomic E-state index is 15.0. The number of fused-ring (bicyclic) bond motifs is 1. The van der Waals surface area contributed by atoms with Crippen LogP contribution in [0.15, 0.2) is 53.5 Å². The van der Waals surface area contributed by atoms with Crippen LogP contribution in [-0.2, 0) is 13.0 Å². The van der Waals surface area contributed by atoms with Crippen LogP contribution in [0, 0.1) is 18.6 Å². The van der Waals surface area contributed by atoms with E-state index in [0.717, 1.165) is 6.07 Å². The van der Waals surface area contributed by atoms with Crippen LogP contribution in [0.1, 0.15) is 36.7 Å². The minimum absolute atomic E-state index is 0.0370. The highest BCUT2D eigenvalue weighted by molar-refractivity contribution is 5.96. The Hall–Kier alpha value is -3.75. The van der Waals surface area contributed by atoms with Crippen molar-refractivity contribution in [2.24, 2.45) is 7.05 Å². The smallest absolute Gasteiger partial charge is 0.273 e. The third-order valence-electron chi connectivity index (χ3n) is 5.77. The Balaban J connectivity index is 1.81. The van der Waals surface area contributed by atoms with Gasteiger partial charge < -0.3 is 9.88 Å². The predicted octanol–water partition coefficient (Wildman–Crippen LogP) is 5.87. The second-order valence-corrected chi connectivity index (χ2v) is 8.34. The van der Waals surface area contributed by atoms with Crippen molar-refractivity contribution >= 4 is 16.6 Å². The number of aryl methyl sites for hydroxylation is 2. The lowest BCUT2D eigenvalue weighted by Crippen LogP contribution is -2.16. The number of hydrogen-bond acceptors (Lipinski definition) is 4. The summed E-state index contributed by atoms with van der Waals surface area (Å²) >= 11 is 0. The quantitative estimate of drug-likeness (QED) is 0.371. The number of nitrogens with zero attached hydrogens (tertiary/aromatic N) is 3. The van der Waals surface area contributed by atoms with Gasteiger partial charge in [0.1, 0.15) is 11.6 Å². The number of anilines is 1. The first-order valence-corrected chi connectivity index (χ1v) is 10.5. The maximum absolute atomic E-state index is 15.0. The number of hydrogen-bond donors (Lipinski definition) is 1. The zero-order valence-electron chi connectivity index (χ0n) is 19.0. The Morgan fingerprint density at radius 1 is 1.06 bits per heavy atom. The lowest BCUT2D eigenvalue weighted by atomic mass is 9.99. The number of aromatic nitrogens is 3. The first kappa shape index (κ1) is 23.4. The average Bonchev–Trinajstić information content (AvgIpc) is 2.77. The summed E-state index contributed by atoms with van der Waals surface area (Å²) in [5.74, 6) is -4.60. The second-order valence-electron chi connectivity index (χ2n) is 8.34. The SMILES string of the molecule is Cc1nnc(N[C@H](C)c2cccc(C(C)(F)F)c2F)c2cc(-c3ccc(=O)n(C)c3)c(F)cc12. The van der Waals surface area contributed by atoms with Crippen LogP contribution in [0.3, 0.4) is 0 Å². The average molecular weight is 470 g/mol. The summed E-state index contributed by atoms with van der Waals surface area (Å²) in [6.07, 6.45) is 1.52. The number of rotatable bonds is 5. The Kier molecular flexibility index (Phi) is 5.89. The highest BCUT2D eigenvalue weighted by Crippen LogP contribution is 2.35. The molecular weight excluding hydrogens is 448 g/mol. The summed E-state index contributed by atoms with van der Waals surface area (Å²) in [7, 11) is 1.57. The molecule has 4 rings (SSSR count). The van der Waals surface area contributed by atoms with Gasteiger partial charge in [-0.1, -0.05) is 18.2 Å². The highest BCUT2D eigenvalue weighted by Gasteiger charge is 2.30. The molecule has 176 valence electrons. The van der Waals surface area contributed by atoms with Crippen molar-refractivity contribution in [3.63, 3.8) is 0 Å². The molecule has 0 saturated heterocycles. The lowest BCUT2D eigenvalue weighted by Gasteiger charge is -2.20. The molecule has 1 atom stereocenters. The van der Waals surface area contributed by atoms with Gasteiger partial charge in [0.2, 0.25) is 5.56 Å². The summed E-state index contributed by atoms with van der Waals surface area (Å²) in [5.41, 5.74) is 0.319. The molecule has 34 heavy (non-hydrogen) atoms. The number of nitrogens with one attached hydrogen (secondary N) is 1. The van der Waals surface area contributed by atoms with Crippen LogP contribution >= 0.6 is 0 Å². The van der Waals surface area contributed by atoms with Gasteiger partial charge >= 0.3 is 0 Å². The summed E-state index contributed by atoms with van der Waals surface area (Å²) in [4.78, 5) is 11.7. The standard InChI is InChI=1S/C25H22F4N4O/c1-13(16-6-5-7-20(23(16)27)25(3,28)29)30-24-19-10-18(15-8-9-22(34)33(4)12-15)21(26)11-17(19)14(2)31-32-24/h5-13H,1-4H3,(H,30,32)/t13-/m1/s1. The topological polar surface area (TPSA) is 59.8 Å². The largest absolute Gasteiger partial charge is 0.361 e. The van der Waals surface area contributed by atoms with E-state index in [0.29, 0.717) is 29.0 Å². The molecular formula is C25H22F4N4O. The van der Waals surface area contributed by atoms with Gasteiger partial charge in [0, 0.05) is 53.7 Å². The van der Waals surface area contributed by atoms with Gasteiger partial charge in [0.15, 0.2) is 5.82 Å². The Labute approximate surface area is 193 Å². The van der Waals surface area contributed by atoms with Crippen LogP contribution in [-0.4, -0.2) is 14.8 Å². The molecule has 1 N–H and O–H groups in total. The summed E-state index contributed by atoms with van der Waals surface area (Å²) in [6, 6.07) is 8.87. The minimum atomic E-state index is -3.33. The van der Waals surface area contributed by atoms with Crippen molar-refractivity contribution < 1.29 is 17.6 Å². The molecule has 0 radical (unpaired) electrons. The molecule has 0 aliphatic heterocycles. The third kappa shape index (κ3) is 4.25. The van der Waals surface area contributed by atoms with Crippen molar-refractivity contribution in [2.45, 2.75) is 32.7 Å². The zero-order chi connectivity index (χ0) is 24.8. The van der Waals surface area contributed by atoms with E-state index >= 15 is 4.39 Å². The Morgan fingerprint density at radius 3 is 2.47 bits per heavy atom. The van der Waals surface area contributed by atoms with E-state index in [4.69, 9.17) is 0 Å². The maximum Gasteiger partial charge on any atom is 0.273 e. The van der Waals surface area contributed by atoms with Gasteiger partial charge in [0.05, 0.1) is 17.3 Å². The molecule has 0 saturated carbocycles. The number of pyridine rings is 1. The van der Waals surface area contributed by atoms with E-state index in [-0.39, 0.29) is 22.5 Å². The zero-order valence-corrected chi connectivity index (χ0v) is 19.0. The van der Waals surface area contributed by atoms with Crippen molar-refractivity contribution in [1.82, 2.24) is 14.8 Å². The first-order chi connectivity index (χ1) is 16.0. The monoisotopic (exact) mass is 470 g/mol. The molecule has 0 aliphatic rings. The highest BCUT2D eigenvalue weighted by atomic mass is 19.3. The molecule has 5 nitrogen and oxygen atoms in total. The van der Waals surface area contributed by atoms with E-state index in [1.54, 1.807) is 27.0 Å². The van der Waals surface area contributed by atoms with Gasteiger partial charge in [0.25, 0.3) is 5.92 Å². The normalized spacial score (nSPS) is 12.7. The van der Waals surface area contributed by atoms with Crippen LogP contribution in [0.2, 0.25) is 0 Å². The molecule has 2 aromatic heterocycles. The molecule has 2 aromatic carbocycles. The Bertz CT molecular complexity index is 1460. The first-order valence-electron chi connectivity index (χ1n) is 10.5. The van der Waals surface area contributed by atoms with Crippen LogP contribution in [0.5, 0.6) is 0 Å². The van der Waals surface area contributed by atoms with E-state index in [1.807, 2.05) is 0 Å². The van der Waals surface area contributed by atoms with E-state index < -0.39 is 29.2 Å².